The fourth-order valence-electron chi connectivity index (χ4n) is 3.13. The summed E-state index contributed by atoms with van der Waals surface area (Å²) in [5, 5.41) is 10.4. The molecule has 0 aliphatic heterocycles. The van der Waals surface area contributed by atoms with E-state index >= 15 is 0 Å². The largest absolute Gasteiger partial charge is 0.422 e. The third-order valence-corrected chi connectivity index (χ3v) is 4.40. The Hall–Kier alpha value is -4.07. The van der Waals surface area contributed by atoms with Crippen LogP contribution < -0.4 is 16.9 Å². The zero-order valence-corrected chi connectivity index (χ0v) is 13.6. The lowest BCUT2D eigenvalue weighted by atomic mass is 10.1. The van der Waals surface area contributed by atoms with E-state index in [0.717, 1.165) is 16.2 Å². The van der Waals surface area contributed by atoms with E-state index in [2.05, 4.69) is 20.2 Å². The lowest BCUT2D eigenvalue weighted by molar-refractivity contribution is 0.566. The number of aromatic nitrogens is 4. The van der Waals surface area contributed by atoms with E-state index in [-0.39, 0.29) is 22.3 Å². The van der Waals surface area contributed by atoms with Gasteiger partial charge in [0.15, 0.2) is 5.65 Å². The Morgan fingerprint density at radius 1 is 0.815 bits per heavy atom. The molecule has 2 N–H and O–H groups in total. The molecule has 0 fully saturated rings. The Kier molecular flexibility index (Phi) is 3.08. The number of hydrogen-bond donors (Lipinski definition) is 2. The van der Waals surface area contributed by atoms with Crippen molar-refractivity contribution >= 4 is 32.8 Å². The Labute approximate surface area is 149 Å². The Morgan fingerprint density at radius 3 is 2.52 bits per heavy atom. The molecule has 0 aliphatic rings. The third kappa shape index (κ3) is 2.35. The van der Waals surface area contributed by atoms with E-state index in [0.29, 0.717) is 5.58 Å². The first kappa shape index (κ1) is 15.2. The van der Waals surface area contributed by atoms with Gasteiger partial charge in [0.1, 0.15) is 11.3 Å². The highest BCUT2D eigenvalue weighted by Gasteiger charge is 2.13. The minimum Gasteiger partial charge on any atom is -0.422 e. The summed E-state index contributed by atoms with van der Waals surface area (Å²) in [7, 11) is 0. The molecule has 27 heavy (non-hydrogen) atoms. The fraction of sp³-hybridized carbons (Fsp3) is 0. The third-order valence-electron chi connectivity index (χ3n) is 4.40. The lowest BCUT2D eigenvalue weighted by Gasteiger charge is -2.05. The SMILES string of the molecule is O=c1[nH]c(=O)c2cc(-c3cc4ccc5ccccc5c4oc3=O)nnc2[nH]1. The maximum absolute atomic E-state index is 12.6. The molecule has 5 aromatic rings. The number of hydrogen-bond acceptors (Lipinski definition) is 6. The number of nitrogens with one attached hydrogen (secondary N) is 2. The van der Waals surface area contributed by atoms with Crippen LogP contribution in [0.1, 0.15) is 0 Å². The summed E-state index contributed by atoms with van der Waals surface area (Å²) >= 11 is 0. The van der Waals surface area contributed by atoms with Crippen molar-refractivity contribution in [2.24, 2.45) is 0 Å². The highest BCUT2D eigenvalue weighted by molar-refractivity contribution is 6.04. The van der Waals surface area contributed by atoms with E-state index in [1.165, 1.54) is 6.07 Å². The average molecular weight is 358 g/mol. The number of H-pyrrole nitrogens is 2. The van der Waals surface area contributed by atoms with Crippen LogP contribution in [0, 0.1) is 0 Å². The summed E-state index contributed by atoms with van der Waals surface area (Å²) in [6.07, 6.45) is 0. The van der Waals surface area contributed by atoms with Crippen LogP contribution in [0.4, 0.5) is 0 Å². The van der Waals surface area contributed by atoms with Crippen LogP contribution in [0.25, 0.3) is 44.0 Å². The summed E-state index contributed by atoms with van der Waals surface area (Å²) in [6, 6.07) is 14.4. The first-order valence-corrected chi connectivity index (χ1v) is 8.06. The van der Waals surface area contributed by atoms with E-state index < -0.39 is 16.9 Å². The van der Waals surface area contributed by atoms with Crippen molar-refractivity contribution in [1.29, 1.82) is 0 Å². The zero-order chi connectivity index (χ0) is 18.5. The molecular formula is C19H10N4O4. The van der Waals surface area contributed by atoms with E-state index in [9.17, 15) is 14.4 Å². The van der Waals surface area contributed by atoms with Crippen molar-refractivity contribution in [3.05, 3.63) is 79.8 Å². The highest BCUT2D eigenvalue weighted by Crippen LogP contribution is 2.27. The average Bonchev–Trinajstić information content (AvgIpc) is 2.67. The summed E-state index contributed by atoms with van der Waals surface area (Å²) in [6.45, 7) is 0. The van der Waals surface area contributed by atoms with Gasteiger partial charge < -0.3 is 4.42 Å². The predicted octanol–water partition coefficient (Wildman–Crippen LogP) is 1.93. The van der Waals surface area contributed by atoms with Crippen LogP contribution in [0.3, 0.4) is 0 Å². The van der Waals surface area contributed by atoms with Gasteiger partial charge in [0.05, 0.1) is 10.9 Å². The molecular weight excluding hydrogens is 348 g/mol. The minimum atomic E-state index is -0.674. The molecule has 130 valence electrons. The molecule has 2 aromatic carbocycles. The first-order valence-electron chi connectivity index (χ1n) is 8.06. The molecule has 8 heteroatoms. The molecule has 8 nitrogen and oxygen atoms in total. The number of nitrogens with zero attached hydrogens (tertiary/aromatic N) is 2. The molecule has 0 spiro atoms. The molecule has 0 aliphatic carbocycles. The molecule has 0 saturated carbocycles. The Morgan fingerprint density at radius 2 is 1.63 bits per heavy atom. The normalized spacial score (nSPS) is 11.4. The van der Waals surface area contributed by atoms with Gasteiger partial charge >= 0.3 is 11.3 Å². The van der Waals surface area contributed by atoms with Crippen molar-refractivity contribution in [1.82, 2.24) is 20.2 Å². The van der Waals surface area contributed by atoms with Crippen LogP contribution >= 0.6 is 0 Å². The second kappa shape index (κ2) is 5.46. The smallest absolute Gasteiger partial charge is 0.345 e. The van der Waals surface area contributed by atoms with Gasteiger partial charge in [-0.1, -0.05) is 36.4 Å². The molecule has 0 unspecified atom stereocenters. The number of benzene rings is 2. The summed E-state index contributed by atoms with van der Waals surface area (Å²) in [5.41, 5.74) is -0.982. The second-order valence-electron chi connectivity index (χ2n) is 6.05. The van der Waals surface area contributed by atoms with E-state index in [1.807, 2.05) is 36.4 Å². The maximum Gasteiger partial charge on any atom is 0.345 e. The number of rotatable bonds is 1. The Balaban J connectivity index is 1.80. The number of aromatic amines is 2. The van der Waals surface area contributed by atoms with Crippen molar-refractivity contribution in [3.8, 4) is 11.3 Å². The quantitative estimate of drug-likeness (QED) is 0.349. The van der Waals surface area contributed by atoms with Gasteiger partial charge in [0.2, 0.25) is 0 Å². The zero-order valence-electron chi connectivity index (χ0n) is 13.6. The van der Waals surface area contributed by atoms with E-state index in [1.54, 1.807) is 6.07 Å². The van der Waals surface area contributed by atoms with Gasteiger partial charge in [-0.05, 0) is 17.5 Å². The van der Waals surface area contributed by atoms with Crippen LogP contribution in [0.2, 0.25) is 0 Å². The monoisotopic (exact) mass is 358 g/mol. The Bertz CT molecular complexity index is 1550. The van der Waals surface area contributed by atoms with Crippen molar-refractivity contribution < 1.29 is 4.42 Å². The topological polar surface area (TPSA) is 122 Å². The van der Waals surface area contributed by atoms with Gasteiger partial charge in [-0.2, -0.15) is 0 Å². The van der Waals surface area contributed by atoms with Crippen molar-refractivity contribution in [3.63, 3.8) is 0 Å². The standard InChI is InChI=1S/C19H10N4O4/c24-17-13-8-14(22-23-16(13)20-19(26)21-17)12-7-10-6-5-9-3-1-2-4-11(9)15(10)27-18(12)25/h1-8H,(H2,20,21,23,24,26). The summed E-state index contributed by atoms with van der Waals surface area (Å²) < 4.78 is 5.55. The van der Waals surface area contributed by atoms with Gasteiger partial charge in [-0.25, -0.2) is 9.59 Å². The van der Waals surface area contributed by atoms with Crippen LogP contribution in [0.5, 0.6) is 0 Å². The van der Waals surface area contributed by atoms with Crippen LogP contribution in [-0.2, 0) is 0 Å². The fourth-order valence-corrected chi connectivity index (χ4v) is 3.13. The van der Waals surface area contributed by atoms with Crippen molar-refractivity contribution in [2.45, 2.75) is 0 Å². The maximum atomic E-state index is 12.6. The summed E-state index contributed by atoms with van der Waals surface area (Å²) in [4.78, 5) is 40.4. The predicted molar refractivity (Wildman–Crippen MR) is 99.8 cm³/mol. The van der Waals surface area contributed by atoms with Gasteiger partial charge in [-0.15, -0.1) is 10.2 Å². The van der Waals surface area contributed by atoms with Crippen molar-refractivity contribution in [2.75, 3.05) is 0 Å². The number of fused-ring (bicyclic) bond motifs is 4. The second-order valence-corrected chi connectivity index (χ2v) is 6.05. The molecule has 5 rings (SSSR count). The highest BCUT2D eigenvalue weighted by atomic mass is 16.4. The minimum absolute atomic E-state index is 0.0451. The van der Waals surface area contributed by atoms with Gasteiger partial charge in [0.25, 0.3) is 5.56 Å². The molecule has 0 atom stereocenters. The van der Waals surface area contributed by atoms with Gasteiger partial charge in [0, 0.05) is 10.8 Å². The summed E-state index contributed by atoms with van der Waals surface area (Å²) in [5.74, 6) is 0. The van der Waals surface area contributed by atoms with Crippen LogP contribution in [0.15, 0.2) is 67.3 Å². The molecule has 0 radical (unpaired) electrons. The lowest BCUT2D eigenvalue weighted by Crippen LogP contribution is -2.22. The molecule has 0 bridgehead atoms. The van der Waals surface area contributed by atoms with Crippen LogP contribution in [-0.4, -0.2) is 20.2 Å². The first-order chi connectivity index (χ1) is 13.1. The molecule has 0 amide bonds. The van der Waals surface area contributed by atoms with E-state index in [4.69, 9.17) is 4.42 Å². The molecule has 3 aromatic heterocycles. The molecule has 0 saturated heterocycles. The van der Waals surface area contributed by atoms with Gasteiger partial charge in [-0.3, -0.25) is 14.8 Å². The molecule has 3 heterocycles.